The van der Waals surface area contributed by atoms with Crippen LogP contribution in [0.3, 0.4) is 0 Å². The first kappa shape index (κ1) is 19.5. The molecule has 0 bridgehead atoms. The third kappa shape index (κ3) is 4.44. The van der Waals surface area contributed by atoms with E-state index in [4.69, 9.17) is 0 Å². The number of carbonyl (C=O) groups is 1. The van der Waals surface area contributed by atoms with E-state index >= 15 is 0 Å². The first-order chi connectivity index (χ1) is 13.9. The standard InChI is InChI=1S/C17H12FN5O3S3/c18-10-5-7-11(8-6-10)19-14(24)9-27-17-22-21-16(28-17)20-15-12-3-1-2-4-13(12)29(25,26)23-15/h1-8H,9H2,(H,19,24)(H,20,21,23). The number of fused-ring (bicyclic) bond motifs is 1. The van der Waals surface area contributed by atoms with Crippen LogP contribution in [0.2, 0.25) is 0 Å². The van der Waals surface area contributed by atoms with Gasteiger partial charge in [0, 0.05) is 11.3 Å². The van der Waals surface area contributed by atoms with Crippen molar-refractivity contribution in [3.63, 3.8) is 0 Å². The van der Waals surface area contributed by atoms with E-state index in [2.05, 4.69) is 25.2 Å². The summed E-state index contributed by atoms with van der Waals surface area (Å²) in [5.74, 6) is -0.383. The lowest BCUT2D eigenvalue weighted by atomic mass is 10.2. The van der Waals surface area contributed by atoms with Crippen molar-refractivity contribution in [2.45, 2.75) is 9.24 Å². The number of amidine groups is 1. The Bertz CT molecular complexity index is 1210. The zero-order valence-corrected chi connectivity index (χ0v) is 16.9. The summed E-state index contributed by atoms with van der Waals surface area (Å²) in [4.78, 5) is 12.1. The van der Waals surface area contributed by atoms with E-state index in [1.165, 1.54) is 53.4 Å². The Balaban J connectivity index is 1.37. The third-order valence-corrected chi connectivity index (χ3v) is 7.02. The van der Waals surface area contributed by atoms with E-state index in [9.17, 15) is 17.6 Å². The van der Waals surface area contributed by atoms with Gasteiger partial charge in [-0.1, -0.05) is 35.2 Å². The molecule has 3 aromatic rings. The number of rotatable bonds is 5. The summed E-state index contributed by atoms with van der Waals surface area (Å²) in [5, 5.41) is 13.8. The fourth-order valence-electron chi connectivity index (χ4n) is 2.47. The number of anilines is 2. The Kier molecular flexibility index (Phi) is 5.30. The van der Waals surface area contributed by atoms with Crippen molar-refractivity contribution >= 4 is 55.7 Å². The molecule has 1 aromatic heterocycles. The summed E-state index contributed by atoms with van der Waals surface area (Å²) in [6.07, 6.45) is 0. The second-order valence-corrected chi connectivity index (χ2v) is 9.53. The number of sulfonamides is 1. The lowest BCUT2D eigenvalue weighted by molar-refractivity contribution is -0.113. The van der Waals surface area contributed by atoms with Crippen LogP contribution in [0, 0.1) is 5.82 Å². The zero-order chi connectivity index (χ0) is 20.4. The summed E-state index contributed by atoms with van der Waals surface area (Å²) >= 11 is 2.34. The SMILES string of the molecule is O=C(CSc1nnc(NC2=NS(=O)(=O)c3ccccc32)s1)Nc1ccc(F)cc1. The van der Waals surface area contributed by atoms with Crippen molar-refractivity contribution in [3.8, 4) is 0 Å². The van der Waals surface area contributed by atoms with Crippen LogP contribution >= 0.6 is 23.1 Å². The molecule has 2 N–H and O–H groups in total. The quantitative estimate of drug-likeness (QED) is 0.576. The van der Waals surface area contributed by atoms with Crippen LogP contribution in [0.1, 0.15) is 5.56 Å². The van der Waals surface area contributed by atoms with Crippen LogP contribution in [0.5, 0.6) is 0 Å². The molecule has 8 nitrogen and oxygen atoms in total. The van der Waals surface area contributed by atoms with Crippen molar-refractivity contribution in [1.82, 2.24) is 10.2 Å². The maximum atomic E-state index is 12.9. The lowest BCUT2D eigenvalue weighted by Gasteiger charge is -2.03. The minimum atomic E-state index is -3.72. The van der Waals surface area contributed by atoms with Gasteiger partial charge in [0.2, 0.25) is 11.0 Å². The number of hydrogen-bond donors (Lipinski definition) is 2. The van der Waals surface area contributed by atoms with Gasteiger partial charge in [-0.2, -0.15) is 8.42 Å². The minimum Gasteiger partial charge on any atom is -0.325 e. The smallest absolute Gasteiger partial charge is 0.285 e. The van der Waals surface area contributed by atoms with Crippen LogP contribution in [-0.2, 0) is 14.8 Å². The maximum Gasteiger partial charge on any atom is 0.285 e. The lowest BCUT2D eigenvalue weighted by Crippen LogP contribution is -2.13. The molecule has 0 spiro atoms. The van der Waals surface area contributed by atoms with Crippen LogP contribution in [-0.4, -0.2) is 36.1 Å². The Morgan fingerprint density at radius 2 is 1.86 bits per heavy atom. The zero-order valence-electron chi connectivity index (χ0n) is 14.5. The summed E-state index contributed by atoms with van der Waals surface area (Å²) in [5.41, 5.74) is 0.964. The van der Waals surface area contributed by atoms with Crippen LogP contribution < -0.4 is 10.6 Å². The van der Waals surface area contributed by atoms with Crippen molar-refractivity contribution in [2.24, 2.45) is 4.40 Å². The number of carbonyl (C=O) groups excluding carboxylic acids is 1. The van der Waals surface area contributed by atoms with E-state index < -0.39 is 10.0 Å². The summed E-state index contributed by atoms with van der Waals surface area (Å²) < 4.78 is 41.3. The molecule has 2 aromatic carbocycles. The monoisotopic (exact) mass is 449 g/mol. The highest BCUT2D eigenvalue weighted by molar-refractivity contribution is 8.01. The molecule has 0 saturated heterocycles. The Morgan fingerprint density at radius 3 is 2.66 bits per heavy atom. The van der Waals surface area contributed by atoms with Gasteiger partial charge in [-0.3, -0.25) is 4.79 Å². The molecule has 4 rings (SSSR count). The molecule has 0 radical (unpaired) electrons. The minimum absolute atomic E-state index is 0.0875. The van der Waals surface area contributed by atoms with Gasteiger partial charge < -0.3 is 10.6 Å². The molecule has 1 amide bonds. The summed E-state index contributed by atoms with van der Waals surface area (Å²) in [6, 6.07) is 12.0. The van der Waals surface area contributed by atoms with Crippen LogP contribution in [0.4, 0.5) is 15.2 Å². The number of nitrogens with one attached hydrogen (secondary N) is 2. The molecule has 1 aliphatic heterocycles. The molecule has 0 aliphatic carbocycles. The highest BCUT2D eigenvalue weighted by Crippen LogP contribution is 2.29. The fraction of sp³-hybridized carbons (Fsp3) is 0.0588. The molecule has 2 heterocycles. The van der Waals surface area contributed by atoms with Gasteiger partial charge in [0.05, 0.1) is 5.75 Å². The summed E-state index contributed by atoms with van der Waals surface area (Å²) in [6.45, 7) is 0. The molecule has 1 aliphatic rings. The Labute approximate surface area is 173 Å². The number of aromatic nitrogens is 2. The number of thioether (sulfide) groups is 1. The number of amides is 1. The van der Waals surface area contributed by atoms with E-state index in [1.54, 1.807) is 18.2 Å². The number of halogens is 1. The van der Waals surface area contributed by atoms with Gasteiger partial charge in [-0.25, -0.2) is 4.39 Å². The van der Waals surface area contributed by atoms with Gasteiger partial charge >= 0.3 is 0 Å². The normalized spacial score (nSPS) is 14.2. The summed E-state index contributed by atoms with van der Waals surface area (Å²) in [7, 11) is -3.72. The predicted molar refractivity (Wildman–Crippen MR) is 109 cm³/mol. The molecule has 0 saturated carbocycles. The van der Waals surface area contributed by atoms with Crippen molar-refractivity contribution in [1.29, 1.82) is 0 Å². The molecule has 0 atom stereocenters. The maximum absolute atomic E-state index is 12.9. The van der Waals surface area contributed by atoms with E-state index in [1.807, 2.05) is 0 Å². The highest BCUT2D eigenvalue weighted by Gasteiger charge is 2.29. The van der Waals surface area contributed by atoms with Crippen molar-refractivity contribution in [2.75, 3.05) is 16.4 Å². The topological polar surface area (TPSA) is 113 Å². The number of benzene rings is 2. The average molecular weight is 450 g/mol. The number of hydrogen-bond acceptors (Lipinski definition) is 8. The highest BCUT2D eigenvalue weighted by atomic mass is 32.2. The first-order valence-electron chi connectivity index (χ1n) is 8.14. The van der Waals surface area contributed by atoms with Crippen molar-refractivity contribution in [3.05, 3.63) is 59.9 Å². The molecule has 0 fully saturated rings. The molecular weight excluding hydrogens is 437 g/mol. The second kappa shape index (κ2) is 7.89. The Morgan fingerprint density at radius 1 is 1.10 bits per heavy atom. The average Bonchev–Trinajstić information content (AvgIpc) is 3.25. The molecular formula is C17H12FN5O3S3. The number of nitrogens with zero attached hydrogens (tertiary/aromatic N) is 3. The van der Waals surface area contributed by atoms with E-state index in [0.29, 0.717) is 20.7 Å². The van der Waals surface area contributed by atoms with E-state index in [0.717, 1.165) is 0 Å². The molecule has 29 heavy (non-hydrogen) atoms. The van der Waals surface area contributed by atoms with Crippen molar-refractivity contribution < 1.29 is 17.6 Å². The molecule has 148 valence electrons. The first-order valence-corrected chi connectivity index (χ1v) is 11.4. The second-order valence-electron chi connectivity index (χ2n) is 5.75. The molecule has 12 heteroatoms. The van der Waals surface area contributed by atoms with E-state index in [-0.39, 0.29) is 28.2 Å². The van der Waals surface area contributed by atoms with Gasteiger partial charge in [-0.15, -0.1) is 14.6 Å². The fourth-order valence-corrected chi connectivity index (χ4v) is 5.20. The molecule has 0 unspecified atom stereocenters. The Hall–Kier alpha value is -2.83. The van der Waals surface area contributed by atoms with Gasteiger partial charge in [0.15, 0.2) is 10.2 Å². The largest absolute Gasteiger partial charge is 0.325 e. The van der Waals surface area contributed by atoms with Gasteiger partial charge in [0.1, 0.15) is 10.7 Å². The predicted octanol–water partition coefficient (Wildman–Crippen LogP) is 2.97. The van der Waals surface area contributed by atoms with Crippen LogP contribution in [0.25, 0.3) is 0 Å². The van der Waals surface area contributed by atoms with Gasteiger partial charge in [-0.05, 0) is 36.4 Å². The van der Waals surface area contributed by atoms with Crippen LogP contribution in [0.15, 0.2) is 62.2 Å². The third-order valence-electron chi connectivity index (χ3n) is 3.72. The van der Waals surface area contributed by atoms with Gasteiger partial charge in [0.25, 0.3) is 10.0 Å².